The Kier molecular flexibility index (Phi) is 2.71. The monoisotopic (exact) mass is 258 g/mol. The Hall–Kier alpha value is -2.70. The predicted octanol–water partition coefficient (Wildman–Crippen LogP) is 1.69. The van der Waals surface area contributed by atoms with Crippen LogP contribution in [0.4, 0.5) is 16.2 Å². The van der Waals surface area contributed by atoms with Gasteiger partial charge in [-0.25, -0.2) is 4.39 Å². The zero-order valence-corrected chi connectivity index (χ0v) is 9.89. The molecule has 2 aromatic heterocycles. The first-order chi connectivity index (χ1) is 9.24. The van der Waals surface area contributed by atoms with Crippen LogP contribution in [0.5, 0.6) is 0 Å². The molecule has 0 saturated heterocycles. The van der Waals surface area contributed by atoms with Crippen molar-refractivity contribution in [2.75, 3.05) is 11.1 Å². The Bertz CT molecular complexity index is 723. The molecule has 0 aliphatic carbocycles. The second-order valence-electron chi connectivity index (χ2n) is 4.01. The van der Waals surface area contributed by atoms with Crippen LogP contribution in [0.15, 0.2) is 30.5 Å². The number of halogens is 1. The third kappa shape index (κ3) is 2.17. The van der Waals surface area contributed by atoms with Crippen LogP contribution in [0.3, 0.4) is 0 Å². The number of fused-ring (bicyclic) bond motifs is 1. The lowest BCUT2D eigenvalue weighted by molar-refractivity contribution is 0.613. The minimum Gasteiger partial charge on any atom is -0.368 e. The fourth-order valence-electron chi connectivity index (χ4n) is 1.81. The first kappa shape index (κ1) is 11.4. The molecule has 0 aliphatic heterocycles. The molecule has 0 bridgehead atoms. The molecule has 0 spiro atoms. The van der Waals surface area contributed by atoms with Crippen molar-refractivity contribution in [2.45, 2.75) is 6.54 Å². The van der Waals surface area contributed by atoms with Crippen molar-refractivity contribution < 1.29 is 4.39 Å². The lowest BCUT2D eigenvalue weighted by atomic mass is 10.2. The highest BCUT2D eigenvalue weighted by Gasteiger charge is 2.08. The van der Waals surface area contributed by atoms with E-state index in [4.69, 9.17) is 5.73 Å². The molecule has 0 saturated carbocycles. The van der Waals surface area contributed by atoms with E-state index in [2.05, 4.69) is 25.5 Å². The summed E-state index contributed by atoms with van der Waals surface area (Å²) in [7, 11) is 0. The van der Waals surface area contributed by atoms with E-state index in [0.29, 0.717) is 29.0 Å². The molecule has 7 heteroatoms. The van der Waals surface area contributed by atoms with Crippen LogP contribution >= 0.6 is 0 Å². The van der Waals surface area contributed by atoms with Crippen molar-refractivity contribution in [3.63, 3.8) is 0 Å². The second kappa shape index (κ2) is 4.52. The Balaban J connectivity index is 1.90. The highest BCUT2D eigenvalue weighted by atomic mass is 19.1. The lowest BCUT2D eigenvalue weighted by Crippen LogP contribution is -2.06. The van der Waals surface area contributed by atoms with Crippen LogP contribution in [0.1, 0.15) is 5.56 Å². The summed E-state index contributed by atoms with van der Waals surface area (Å²) in [5, 5.41) is 10.3. The van der Waals surface area contributed by atoms with Gasteiger partial charge >= 0.3 is 0 Å². The van der Waals surface area contributed by atoms with E-state index in [0.717, 1.165) is 0 Å². The Morgan fingerprint density at radius 3 is 2.95 bits per heavy atom. The Labute approximate surface area is 107 Å². The van der Waals surface area contributed by atoms with Crippen LogP contribution in [0.2, 0.25) is 0 Å². The second-order valence-corrected chi connectivity index (χ2v) is 4.01. The average Bonchev–Trinajstić information content (AvgIpc) is 2.85. The van der Waals surface area contributed by atoms with Gasteiger partial charge in [-0.05, 0) is 6.07 Å². The van der Waals surface area contributed by atoms with Gasteiger partial charge in [-0.2, -0.15) is 15.1 Å². The maximum atomic E-state index is 13.5. The van der Waals surface area contributed by atoms with Gasteiger partial charge in [0.2, 0.25) is 5.95 Å². The summed E-state index contributed by atoms with van der Waals surface area (Å²) in [6.45, 7) is 0.309. The van der Waals surface area contributed by atoms with Crippen molar-refractivity contribution in [3.05, 3.63) is 41.8 Å². The number of H-pyrrole nitrogens is 1. The molecule has 1 aromatic carbocycles. The summed E-state index contributed by atoms with van der Waals surface area (Å²) in [6.07, 6.45) is 1.60. The Morgan fingerprint density at radius 1 is 1.26 bits per heavy atom. The fraction of sp³-hybridized carbons (Fsp3) is 0.0833. The first-order valence-electron chi connectivity index (χ1n) is 5.68. The standard InChI is InChI=1S/C12H11FN6/c13-9-4-2-1-3-7(9)5-15-10-8-6-16-19-11(8)18-12(14)17-10/h1-4,6H,5H2,(H4,14,15,16,17,18,19). The van der Waals surface area contributed by atoms with Crippen molar-refractivity contribution in [1.82, 2.24) is 20.2 Å². The summed E-state index contributed by atoms with van der Waals surface area (Å²) in [6, 6.07) is 6.55. The van der Waals surface area contributed by atoms with Crippen molar-refractivity contribution in [1.29, 1.82) is 0 Å². The molecule has 0 atom stereocenters. The van der Waals surface area contributed by atoms with Crippen molar-refractivity contribution >= 4 is 22.8 Å². The molecule has 0 aliphatic rings. The number of nitrogen functional groups attached to an aromatic ring is 1. The van der Waals surface area contributed by atoms with Crippen LogP contribution in [0, 0.1) is 5.82 Å². The number of benzene rings is 1. The molecular formula is C12H11FN6. The smallest absolute Gasteiger partial charge is 0.224 e. The third-order valence-electron chi connectivity index (χ3n) is 2.73. The number of anilines is 2. The first-order valence-corrected chi connectivity index (χ1v) is 5.68. The molecule has 3 aromatic rings. The molecule has 2 heterocycles. The summed E-state index contributed by atoms with van der Waals surface area (Å²) < 4.78 is 13.5. The number of hydrogen-bond acceptors (Lipinski definition) is 5. The molecule has 19 heavy (non-hydrogen) atoms. The average molecular weight is 258 g/mol. The van der Waals surface area contributed by atoms with E-state index < -0.39 is 0 Å². The number of nitrogens with one attached hydrogen (secondary N) is 2. The largest absolute Gasteiger partial charge is 0.368 e. The van der Waals surface area contributed by atoms with Gasteiger partial charge in [0.15, 0.2) is 5.65 Å². The number of nitrogens with two attached hydrogens (primary N) is 1. The van der Waals surface area contributed by atoms with Crippen LogP contribution in [-0.4, -0.2) is 20.2 Å². The fourth-order valence-corrected chi connectivity index (χ4v) is 1.81. The molecule has 3 rings (SSSR count). The van der Waals surface area contributed by atoms with Crippen molar-refractivity contribution in [3.8, 4) is 0 Å². The van der Waals surface area contributed by atoms with Gasteiger partial charge in [0.25, 0.3) is 0 Å². The zero-order chi connectivity index (χ0) is 13.2. The number of aromatic nitrogens is 4. The lowest BCUT2D eigenvalue weighted by Gasteiger charge is -2.07. The van der Waals surface area contributed by atoms with Crippen LogP contribution in [0.25, 0.3) is 11.0 Å². The summed E-state index contributed by atoms with van der Waals surface area (Å²) in [4.78, 5) is 8.09. The maximum absolute atomic E-state index is 13.5. The summed E-state index contributed by atoms with van der Waals surface area (Å²) in [5.41, 5.74) is 6.70. The number of aromatic amines is 1. The minimum atomic E-state index is -0.263. The summed E-state index contributed by atoms with van der Waals surface area (Å²) in [5.74, 6) is 0.396. The van der Waals surface area contributed by atoms with Gasteiger partial charge in [0.1, 0.15) is 11.6 Å². The predicted molar refractivity (Wildman–Crippen MR) is 69.8 cm³/mol. The topological polar surface area (TPSA) is 92.5 Å². The SMILES string of the molecule is Nc1nc(NCc2ccccc2F)c2cn[nH]c2n1. The Morgan fingerprint density at radius 2 is 2.11 bits per heavy atom. The zero-order valence-electron chi connectivity index (χ0n) is 9.89. The van der Waals surface area contributed by atoms with Crippen molar-refractivity contribution in [2.24, 2.45) is 0 Å². The van der Waals surface area contributed by atoms with E-state index in [1.165, 1.54) is 6.07 Å². The summed E-state index contributed by atoms with van der Waals surface area (Å²) >= 11 is 0. The van der Waals surface area contributed by atoms with E-state index in [1.807, 2.05) is 0 Å². The van der Waals surface area contributed by atoms with E-state index >= 15 is 0 Å². The van der Waals surface area contributed by atoms with Gasteiger partial charge in [0.05, 0.1) is 11.6 Å². The van der Waals surface area contributed by atoms with Crippen LogP contribution in [-0.2, 0) is 6.54 Å². The van der Waals surface area contributed by atoms with Gasteiger partial charge < -0.3 is 11.1 Å². The van der Waals surface area contributed by atoms with Gasteiger partial charge in [-0.1, -0.05) is 18.2 Å². The molecule has 4 N–H and O–H groups in total. The molecule has 0 amide bonds. The maximum Gasteiger partial charge on any atom is 0.224 e. The molecule has 6 nitrogen and oxygen atoms in total. The number of rotatable bonds is 3. The third-order valence-corrected chi connectivity index (χ3v) is 2.73. The van der Waals surface area contributed by atoms with Gasteiger partial charge in [0, 0.05) is 12.1 Å². The van der Waals surface area contributed by atoms with E-state index in [1.54, 1.807) is 24.4 Å². The highest BCUT2D eigenvalue weighted by Crippen LogP contribution is 2.19. The van der Waals surface area contributed by atoms with Crippen LogP contribution < -0.4 is 11.1 Å². The van der Waals surface area contributed by atoms with E-state index in [-0.39, 0.29) is 11.8 Å². The normalized spacial score (nSPS) is 10.8. The van der Waals surface area contributed by atoms with Gasteiger partial charge in [-0.15, -0.1) is 0 Å². The minimum absolute atomic E-state index is 0.132. The van der Waals surface area contributed by atoms with E-state index in [9.17, 15) is 4.39 Å². The quantitative estimate of drug-likeness (QED) is 0.664. The molecule has 0 fully saturated rings. The number of nitrogens with zero attached hydrogens (tertiary/aromatic N) is 3. The molecule has 0 radical (unpaired) electrons. The molecular weight excluding hydrogens is 247 g/mol. The van der Waals surface area contributed by atoms with Gasteiger partial charge in [-0.3, -0.25) is 5.10 Å². The number of hydrogen-bond donors (Lipinski definition) is 3. The highest BCUT2D eigenvalue weighted by molar-refractivity contribution is 5.86. The molecule has 0 unspecified atom stereocenters. The molecule has 96 valence electrons.